The van der Waals surface area contributed by atoms with Crippen molar-refractivity contribution >= 4 is 11.7 Å². The van der Waals surface area contributed by atoms with Crippen LogP contribution >= 0.6 is 0 Å². The maximum atomic E-state index is 11.6. The third-order valence-electron chi connectivity index (χ3n) is 6.92. The minimum atomic E-state index is -0.0859. The Morgan fingerprint density at radius 1 is 1.26 bits per heavy atom. The third kappa shape index (κ3) is 3.72. The summed E-state index contributed by atoms with van der Waals surface area (Å²) in [5.74, 6) is 1.72. The molecule has 148 valence electrons. The number of methoxy groups -OCH3 is 2. The molecule has 3 heterocycles. The quantitative estimate of drug-likeness (QED) is 0.777. The molecule has 27 heavy (non-hydrogen) atoms. The molecule has 5 heteroatoms. The number of carbonyl (C=O) groups is 1. The zero-order chi connectivity index (χ0) is 18.8. The highest BCUT2D eigenvalue weighted by atomic mass is 16.5. The summed E-state index contributed by atoms with van der Waals surface area (Å²) < 4.78 is 10.3. The first-order valence-corrected chi connectivity index (χ1v) is 10.4. The number of ether oxygens (including phenoxy) is 2. The highest BCUT2D eigenvalue weighted by Crippen LogP contribution is 2.47. The van der Waals surface area contributed by atoms with E-state index in [1.54, 1.807) is 7.11 Å². The number of hydrogen-bond donors (Lipinski definition) is 1. The lowest BCUT2D eigenvalue weighted by Gasteiger charge is -2.52. The fourth-order valence-corrected chi connectivity index (χ4v) is 5.73. The number of para-hydroxylation sites is 1. The highest BCUT2D eigenvalue weighted by Gasteiger charge is 2.48. The number of anilines is 1. The fraction of sp³-hybridized carbons (Fsp3) is 0.682. The second-order valence-corrected chi connectivity index (χ2v) is 8.40. The van der Waals surface area contributed by atoms with Crippen LogP contribution in [0.25, 0.3) is 0 Å². The van der Waals surface area contributed by atoms with Gasteiger partial charge in [-0.05, 0) is 55.7 Å². The maximum Gasteiger partial charge on any atom is 0.305 e. The smallest absolute Gasteiger partial charge is 0.305 e. The number of carbonyl (C=O) groups excluding carboxylic acids is 1. The Morgan fingerprint density at radius 2 is 2.11 bits per heavy atom. The molecule has 3 aliphatic heterocycles. The van der Waals surface area contributed by atoms with Crippen LogP contribution in [0.4, 0.5) is 5.69 Å². The molecule has 1 aromatic rings. The third-order valence-corrected chi connectivity index (χ3v) is 6.92. The van der Waals surface area contributed by atoms with Crippen molar-refractivity contribution in [1.29, 1.82) is 0 Å². The number of rotatable bonds is 6. The topological polar surface area (TPSA) is 50.8 Å². The average Bonchev–Trinajstić information content (AvgIpc) is 3.08. The Bertz CT molecular complexity index is 665. The molecular formula is C22H32N2O3. The number of fused-ring (bicyclic) bond motifs is 5. The van der Waals surface area contributed by atoms with Gasteiger partial charge < -0.3 is 14.8 Å². The number of nitrogens with one attached hydrogen (secondary N) is 1. The zero-order valence-corrected chi connectivity index (χ0v) is 16.5. The summed E-state index contributed by atoms with van der Waals surface area (Å²) in [7, 11) is 3.28. The summed E-state index contributed by atoms with van der Waals surface area (Å²) >= 11 is 0. The molecule has 2 saturated heterocycles. The van der Waals surface area contributed by atoms with Crippen molar-refractivity contribution in [2.75, 3.05) is 39.2 Å². The predicted molar refractivity (Wildman–Crippen MR) is 106 cm³/mol. The van der Waals surface area contributed by atoms with E-state index in [-0.39, 0.29) is 5.97 Å². The van der Waals surface area contributed by atoms with Crippen LogP contribution in [0.15, 0.2) is 24.3 Å². The van der Waals surface area contributed by atoms with Crippen molar-refractivity contribution in [1.82, 2.24) is 4.90 Å². The van der Waals surface area contributed by atoms with Gasteiger partial charge >= 0.3 is 5.97 Å². The molecular weight excluding hydrogens is 340 g/mol. The van der Waals surface area contributed by atoms with Gasteiger partial charge in [-0.15, -0.1) is 0 Å². The molecule has 0 aliphatic carbocycles. The van der Waals surface area contributed by atoms with Crippen LogP contribution in [0.1, 0.15) is 43.6 Å². The van der Waals surface area contributed by atoms with E-state index in [2.05, 4.69) is 34.5 Å². The van der Waals surface area contributed by atoms with E-state index in [0.29, 0.717) is 36.3 Å². The van der Waals surface area contributed by atoms with Gasteiger partial charge in [0.25, 0.3) is 0 Å². The lowest BCUT2D eigenvalue weighted by Crippen LogP contribution is -2.60. The molecule has 4 unspecified atom stereocenters. The summed E-state index contributed by atoms with van der Waals surface area (Å²) in [5.41, 5.74) is 2.83. The van der Waals surface area contributed by atoms with E-state index in [0.717, 1.165) is 32.5 Å². The van der Waals surface area contributed by atoms with Crippen LogP contribution in [0.5, 0.6) is 0 Å². The Hall–Kier alpha value is -1.59. The molecule has 0 aromatic heterocycles. The fourth-order valence-electron chi connectivity index (χ4n) is 5.73. The van der Waals surface area contributed by atoms with Crippen LogP contribution in [0.2, 0.25) is 0 Å². The number of benzene rings is 1. The van der Waals surface area contributed by atoms with Crippen molar-refractivity contribution in [2.45, 2.75) is 50.1 Å². The van der Waals surface area contributed by atoms with Crippen molar-refractivity contribution < 1.29 is 14.3 Å². The first kappa shape index (κ1) is 18.8. The van der Waals surface area contributed by atoms with Crippen molar-refractivity contribution in [2.24, 2.45) is 11.8 Å². The Labute approximate surface area is 162 Å². The molecule has 3 aliphatic rings. The largest absolute Gasteiger partial charge is 0.469 e. The molecule has 5 atom stereocenters. The maximum absolute atomic E-state index is 11.6. The summed E-state index contributed by atoms with van der Waals surface area (Å²) in [6.07, 6.45) is 4.95. The molecule has 0 spiro atoms. The summed E-state index contributed by atoms with van der Waals surface area (Å²) in [6.45, 7) is 3.06. The van der Waals surface area contributed by atoms with E-state index < -0.39 is 0 Å². The van der Waals surface area contributed by atoms with Crippen molar-refractivity contribution in [3.63, 3.8) is 0 Å². The number of esters is 1. The Morgan fingerprint density at radius 3 is 2.93 bits per heavy atom. The summed E-state index contributed by atoms with van der Waals surface area (Å²) in [4.78, 5) is 14.3. The average molecular weight is 373 g/mol. The van der Waals surface area contributed by atoms with Crippen molar-refractivity contribution in [3.05, 3.63) is 29.8 Å². The Balaban J connectivity index is 1.50. The van der Waals surface area contributed by atoms with Crippen LogP contribution in [-0.2, 0) is 14.3 Å². The second-order valence-electron chi connectivity index (χ2n) is 8.40. The van der Waals surface area contributed by atoms with E-state index in [1.165, 1.54) is 31.2 Å². The molecule has 4 rings (SSSR count). The second kappa shape index (κ2) is 8.19. The van der Waals surface area contributed by atoms with Crippen LogP contribution < -0.4 is 5.32 Å². The van der Waals surface area contributed by atoms with Gasteiger partial charge in [0, 0.05) is 50.4 Å². The highest BCUT2D eigenvalue weighted by molar-refractivity contribution is 5.69. The SMILES string of the molecule is COCC[C@H]1CC(CCC(=O)OC)CN2CCC3c4ccccc4NC3C12. The molecule has 0 radical (unpaired) electrons. The number of hydrogen-bond acceptors (Lipinski definition) is 5. The summed E-state index contributed by atoms with van der Waals surface area (Å²) in [5, 5.41) is 3.86. The van der Waals surface area contributed by atoms with Crippen LogP contribution in [0.3, 0.4) is 0 Å². The zero-order valence-electron chi connectivity index (χ0n) is 16.5. The van der Waals surface area contributed by atoms with Gasteiger partial charge in [-0.1, -0.05) is 18.2 Å². The van der Waals surface area contributed by atoms with Gasteiger partial charge in [-0.25, -0.2) is 0 Å². The predicted octanol–water partition coefficient (Wildman–Crippen LogP) is 3.26. The van der Waals surface area contributed by atoms with Crippen molar-refractivity contribution in [3.8, 4) is 0 Å². The Kier molecular flexibility index (Phi) is 5.69. The van der Waals surface area contributed by atoms with Gasteiger partial charge in [0.2, 0.25) is 0 Å². The minimum Gasteiger partial charge on any atom is -0.469 e. The molecule has 0 amide bonds. The van der Waals surface area contributed by atoms with Gasteiger partial charge in [-0.3, -0.25) is 9.69 Å². The van der Waals surface area contributed by atoms with E-state index in [9.17, 15) is 4.79 Å². The lowest BCUT2D eigenvalue weighted by atomic mass is 9.71. The molecule has 1 aromatic carbocycles. The monoisotopic (exact) mass is 372 g/mol. The molecule has 0 bridgehead atoms. The van der Waals surface area contributed by atoms with Crippen LogP contribution in [0, 0.1) is 11.8 Å². The van der Waals surface area contributed by atoms with E-state index in [4.69, 9.17) is 9.47 Å². The van der Waals surface area contributed by atoms with Gasteiger partial charge in [-0.2, -0.15) is 0 Å². The van der Waals surface area contributed by atoms with Crippen LogP contribution in [-0.4, -0.2) is 56.9 Å². The van der Waals surface area contributed by atoms with E-state index >= 15 is 0 Å². The number of piperidine rings is 2. The summed E-state index contributed by atoms with van der Waals surface area (Å²) in [6, 6.07) is 9.88. The van der Waals surface area contributed by atoms with Gasteiger partial charge in [0.05, 0.1) is 7.11 Å². The molecule has 5 nitrogen and oxygen atoms in total. The van der Waals surface area contributed by atoms with Gasteiger partial charge in [0.15, 0.2) is 0 Å². The first-order chi connectivity index (χ1) is 13.2. The molecule has 2 fully saturated rings. The molecule has 0 saturated carbocycles. The lowest BCUT2D eigenvalue weighted by molar-refractivity contribution is -0.141. The van der Waals surface area contributed by atoms with Gasteiger partial charge in [0.1, 0.15) is 0 Å². The number of nitrogens with zero attached hydrogens (tertiary/aromatic N) is 1. The normalized spacial score (nSPS) is 32.1. The standard InChI is InChI=1S/C22H32N2O3/c1-26-12-10-16-13-15(7-8-20(25)27-2)14-24-11-9-18-17-5-3-4-6-19(17)23-21(18)22(16)24/h3-6,15-16,18,21-23H,7-14H2,1-2H3/t15?,16-,18?,21?,22?/m0/s1. The first-order valence-electron chi connectivity index (χ1n) is 10.4. The minimum absolute atomic E-state index is 0.0859. The molecule has 1 N–H and O–H groups in total. The van der Waals surface area contributed by atoms with E-state index in [1.807, 2.05) is 0 Å².